The van der Waals surface area contributed by atoms with Crippen LogP contribution in [0.25, 0.3) is 21.8 Å². The number of aromatic nitrogens is 2. The Morgan fingerprint density at radius 2 is 1.12 bits per heavy atom. The van der Waals surface area contributed by atoms with E-state index < -0.39 is 40.0 Å². The van der Waals surface area contributed by atoms with Crippen molar-refractivity contribution in [1.29, 1.82) is 0 Å². The fourth-order valence-corrected chi connectivity index (χ4v) is 5.41. The van der Waals surface area contributed by atoms with E-state index in [0.717, 1.165) is 23.3 Å². The molecule has 0 radical (unpaired) electrons. The first-order valence-electron chi connectivity index (χ1n) is 14.5. The predicted molar refractivity (Wildman–Crippen MR) is 180 cm³/mol. The Kier molecular flexibility index (Phi) is 10.4. The smallest absolute Gasteiger partial charge is 0.343 e. The van der Waals surface area contributed by atoms with E-state index in [0.29, 0.717) is 24.1 Å². The number of carboxylic acid groups (broad SMARTS) is 1. The number of rotatable bonds is 7. The molecule has 2 heterocycles. The van der Waals surface area contributed by atoms with Gasteiger partial charge < -0.3 is 19.0 Å². The summed E-state index contributed by atoms with van der Waals surface area (Å²) in [6, 6.07) is 23.6. The second-order valence-corrected chi connectivity index (χ2v) is 11.4. The van der Waals surface area contributed by atoms with E-state index in [1.807, 2.05) is 60.7 Å². The summed E-state index contributed by atoms with van der Waals surface area (Å²) in [6.45, 7) is 2.52. The quantitative estimate of drug-likeness (QED) is 0.173. The molecule has 0 saturated carbocycles. The lowest BCUT2D eigenvalue weighted by Gasteiger charge is -2.14. The van der Waals surface area contributed by atoms with Crippen molar-refractivity contribution >= 4 is 56.9 Å². The minimum atomic E-state index is -1.35. The van der Waals surface area contributed by atoms with Gasteiger partial charge in [-0.2, -0.15) is 0 Å². The standard InChI is InChI=1S/C19H15ClFNO3.C17H11ClFNO3/c1-2-25-19(24)14-11-22(10-12-6-4-3-5-7-12)17-9-15(20)16(21)8-13(17)18(14)23;18-13-7-15-11(6-14(13)19)16(21)12(17(22)23)9-20(15)8-10-4-2-1-3-5-10/h3-9,11H,2,10H2,1H3;1-7,9H,8H2,(H,22,23). The van der Waals surface area contributed by atoms with Crippen LogP contribution in [0.1, 0.15) is 38.8 Å². The number of pyridine rings is 2. The highest BCUT2D eigenvalue weighted by molar-refractivity contribution is 6.31. The van der Waals surface area contributed by atoms with Gasteiger partial charge in [0.05, 0.1) is 27.7 Å². The van der Waals surface area contributed by atoms with Crippen molar-refractivity contribution in [2.75, 3.05) is 6.61 Å². The van der Waals surface area contributed by atoms with Gasteiger partial charge in [0, 0.05) is 36.3 Å². The van der Waals surface area contributed by atoms with Crippen molar-refractivity contribution in [2.45, 2.75) is 20.0 Å². The summed E-state index contributed by atoms with van der Waals surface area (Å²) in [4.78, 5) is 48.2. The average molecular weight is 692 g/mol. The number of aromatic carboxylic acids is 1. The van der Waals surface area contributed by atoms with Crippen molar-refractivity contribution in [3.05, 3.63) is 162 Å². The molecule has 0 spiro atoms. The summed E-state index contributed by atoms with van der Waals surface area (Å²) in [5.41, 5.74) is 0.864. The van der Waals surface area contributed by atoms with Gasteiger partial charge in [-0.05, 0) is 42.3 Å². The highest BCUT2D eigenvalue weighted by atomic mass is 35.5. The monoisotopic (exact) mass is 690 g/mol. The lowest BCUT2D eigenvalue weighted by atomic mass is 10.1. The number of fused-ring (bicyclic) bond motifs is 2. The van der Waals surface area contributed by atoms with Crippen molar-refractivity contribution in [3.63, 3.8) is 0 Å². The third-order valence-electron chi connectivity index (χ3n) is 7.36. The normalized spacial score (nSPS) is 10.9. The Balaban J connectivity index is 0.000000188. The molecule has 0 unspecified atom stereocenters. The summed E-state index contributed by atoms with van der Waals surface area (Å²) in [5, 5.41) is 9.07. The minimum absolute atomic E-state index is 0.0114. The lowest BCUT2D eigenvalue weighted by molar-refractivity contribution is 0.0523. The molecule has 0 atom stereocenters. The van der Waals surface area contributed by atoms with Crippen LogP contribution in [0.3, 0.4) is 0 Å². The zero-order valence-corrected chi connectivity index (χ0v) is 26.8. The molecule has 6 rings (SSSR count). The molecule has 0 fully saturated rings. The van der Waals surface area contributed by atoms with E-state index in [1.54, 1.807) is 16.1 Å². The highest BCUT2D eigenvalue weighted by Gasteiger charge is 2.19. The number of hydrogen-bond donors (Lipinski definition) is 1. The Morgan fingerprint density at radius 1 is 0.708 bits per heavy atom. The number of esters is 1. The summed E-state index contributed by atoms with van der Waals surface area (Å²) in [6.07, 6.45) is 2.69. The number of carbonyl (C=O) groups is 2. The number of nitrogens with zero attached hydrogens (tertiary/aromatic N) is 2. The third kappa shape index (κ3) is 7.30. The number of hydrogen-bond acceptors (Lipinski definition) is 5. The molecule has 0 aliphatic rings. The van der Waals surface area contributed by atoms with Crippen molar-refractivity contribution in [2.24, 2.45) is 0 Å². The second-order valence-electron chi connectivity index (χ2n) is 10.6. The lowest BCUT2D eigenvalue weighted by Crippen LogP contribution is -2.21. The van der Waals surface area contributed by atoms with Gasteiger partial charge in [0.2, 0.25) is 10.9 Å². The molecule has 12 heteroatoms. The van der Waals surface area contributed by atoms with E-state index in [9.17, 15) is 33.1 Å². The van der Waals surface area contributed by atoms with Crippen LogP contribution in [0.5, 0.6) is 0 Å². The molecule has 8 nitrogen and oxygen atoms in total. The maximum atomic E-state index is 13.9. The summed E-state index contributed by atoms with van der Waals surface area (Å²) in [7, 11) is 0. The molecule has 0 amide bonds. The molecule has 0 bridgehead atoms. The molecule has 1 N–H and O–H groups in total. The number of halogens is 4. The van der Waals surface area contributed by atoms with Gasteiger partial charge in [-0.25, -0.2) is 18.4 Å². The molecule has 2 aromatic heterocycles. The van der Waals surface area contributed by atoms with Gasteiger partial charge in [0.15, 0.2) is 0 Å². The number of carboxylic acids is 1. The molecule has 0 saturated heterocycles. The highest BCUT2D eigenvalue weighted by Crippen LogP contribution is 2.24. The maximum Gasteiger partial charge on any atom is 0.343 e. The van der Waals surface area contributed by atoms with Crippen LogP contribution in [0.4, 0.5) is 8.78 Å². The van der Waals surface area contributed by atoms with Crippen LogP contribution < -0.4 is 10.9 Å². The Labute approximate surface area is 282 Å². The Hall–Kier alpha value is -5.32. The topological polar surface area (TPSA) is 108 Å². The van der Waals surface area contributed by atoms with Gasteiger partial charge in [0.1, 0.15) is 22.8 Å². The van der Waals surface area contributed by atoms with Crippen LogP contribution >= 0.6 is 23.2 Å². The van der Waals surface area contributed by atoms with Gasteiger partial charge in [-0.1, -0.05) is 83.9 Å². The largest absolute Gasteiger partial charge is 0.477 e. The van der Waals surface area contributed by atoms with Crippen molar-refractivity contribution in [1.82, 2.24) is 9.13 Å². The Morgan fingerprint density at radius 3 is 1.54 bits per heavy atom. The third-order valence-corrected chi connectivity index (χ3v) is 7.94. The average Bonchev–Trinajstić information content (AvgIpc) is 3.06. The van der Waals surface area contributed by atoms with E-state index in [2.05, 4.69) is 0 Å². The fraction of sp³-hybridized carbons (Fsp3) is 0.111. The molecule has 4 aromatic carbocycles. The minimum Gasteiger partial charge on any atom is -0.477 e. The second kappa shape index (κ2) is 14.6. The Bertz CT molecular complexity index is 2290. The number of ether oxygens (including phenoxy) is 1. The maximum absolute atomic E-state index is 13.9. The van der Waals surface area contributed by atoms with Crippen LogP contribution in [0.2, 0.25) is 10.0 Å². The zero-order valence-electron chi connectivity index (χ0n) is 25.3. The van der Waals surface area contributed by atoms with Crippen LogP contribution in [0, 0.1) is 11.6 Å². The molecule has 48 heavy (non-hydrogen) atoms. The van der Waals surface area contributed by atoms with E-state index in [1.165, 1.54) is 24.5 Å². The van der Waals surface area contributed by atoms with Gasteiger partial charge in [0.25, 0.3) is 0 Å². The van der Waals surface area contributed by atoms with Gasteiger partial charge >= 0.3 is 11.9 Å². The summed E-state index contributed by atoms with van der Waals surface area (Å²) >= 11 is 11.7. The number of carbonyl (C=O) groups excluding carboxylic acids is 1. The molecule has 6 aromatic rings. The van der Waals surface area contributed by atoms with E-state index in [4.69, 9.17) is 27.9 Å². The van der Waals surface area contributed by atoms with Crippen molar-refractivity contribution < 1.29 is 28.2 Å². The van der Waals surface area contributed by atoms with E-state index >= 15 is 0 Å². The van der Waals surface area contributed by atoms with Crippen LogP contribution in [0.15, 0.2) is 107 Å². The predicted octanol–water partition coefficient (Wildman–Crippen LogP) is 7.56. The number of benzene rings is 4. The van der Waals surface area contributed by atoms with E-state index in [-0.39, 0.29) is 33.0 Å². The molecular formula is C36H26Cl2F2N2O6. The SMILES string of the molecule is CCOC(=O)c1cn(Cc2ccccc2)c2cc(Cl)c(F)cc2c1=O.O=C(O)c1cn(Cc2ccccc2)c2cc(Cl)c(F)cc2c1=O. The van der Waals surface area contributed by atoms with Crippen LogP contribution in [-0.2, 0) is 17.8 Å². The zero-order chi connectivity index (χ0) is 34.5. The molecule has 0 aliphatic heterocycles. The summed E-state index contributed by atoms with van der Waals surface area (Å²) in [5.74, 6) is -3.55. The first-order valence-corrected chi connectivity index (χ1v) is 15.3. The molecule has 0 aliphatic carbocycles. The van der Waals surface area contributed by atoms with Gasteiger partial charge in [-0.15, -0.1) is 0 Å². The first kappa shape index (κ1) is 34.0. The van der Waals surface area contributed by atoms with Crippen molar-refractivity contribution in [3.8, 4) is 0 Å². The molecule has 244 valence electrons. The molecular weight excluding hydrogens is 665 g/mol. The summed E-state index contributed by atoms with van der Waals surface area (Å²) < 4.78 is 35.8. The van der Waals surface area contributed by atoms with Crippen LogP contribution in [-0.4, -0.2) is 32.8 Å². The first-order chi connectivity index (χ1) is 23.0. The van der Waals surface area contributed by atoms with Gasteiger partial charge in [-0.3, -0.25) is 9.59 Å². The fourth-order valence-electron chi connectivity index (χ4n) is 5.10.